The van der Waals surface area contributed by atoms with E-state index in [-0.39, 0.29) is 19.1 Å². The van der Waals surface area contributed by atoms with Gasteiger partial charge in [-0.25, -0.2) is 0 Å². The first-order valence-electron chi connectivity index (χ1n) is 5.53. The Bertz CT molecular complexity index is 558. The van der Waals surface area contributed by atoms with E-state index in [1.165, 1.54) is 0 Å². The molecule has 1 heterocycles. The van der Waals surface area contributed by atoms with Gasteiger partial charge < -0.3 is 10.1 Å². The Morgan fingerprint density at radius 2 is 2.37 bits per heavy atom. The molecule has 100 valence electrons. The number of aryl methyl sites for hydroxylation is 1. The Kier molecular flexibility index (Phi) is 4.30. The van der Waals surface area contributed by atoms with Crippen molar-refractivity contribution in [1.29, 1.82) is 0 Å². The van der Waals surface area contributed by atoms with Crippen molar-refractivity contribution in [3.05, 3.63) is 34.6 Å². The maximum Gasteiger partial charge on any atom is 0.258 e. The number of halogens is 1. The lowest BCUT2D eigenvalue weighted by molar-refractivity contribution is -0.123. The molecule has 19 heavy (non-hydrogen) atoms. The number of hydrogen-bond donors (Lipinski definition) is 2. The lowest BCUT2D eigenvalue weighted by Gasteiger charge is -2.09. The molecular formula is C11H12ClN5O2. The number of aromatic nitrogens is 4. The molecule has 8 heteroatoms. The van der Waals surface area contributed by atoms with Crippen LogP contribution in [0.4, 0.5) is 0 Å². The van der Waals surface area contributed by atoms with Crippen molar-refractivity contribution in [2.24, 2.45) is 0 Å². The first-order valence-corrected chi connectivity index (χ1v) is 5.91. The molecule has 2 N–H and O–H groups in total. The van der Waals surface area contributed by atoms with Crippen LogP contribution in [0.3, 0.4) is 0 Å². The highest BCUT2D eigenvalue weighted by Crippen LogP contribution is 2.21. The number of aromatic amines is 1. The standard InChI is InChI=1S/C11H12ClN5O2/c1-7-4-8(12)2-3-9(7)19-6-11(18)13-5-10-14-16-17-15-10/h2-4H,5-6H2,1H3,(H,13,18)(H,14,15,16,17). The van der Waals surface area contributed by atoms with E-state index in [2.05, 4.69) is 25.9 Å². The van der Waals surface area contributed by atoms with E-state index in [9.17, 15) is 4.79 Å². The van der Waals surface area contributed by atoms with Crippen LogP contribution in [-0.2, 0) is 11.3 Å². The molecule has 1 aromatic carbocycles. The molecule has 7 nitrogen and oxygen atoms in total. The molecule has 0 aliphatic carbocycles. The molecule has 0 bridgehead atoms. The molecule has 1 amide bonds. The number of H-pyrrole nitrogens is 1. The minimum atomic E-state index is -0.265. The predicted molar refractivity (Wildman–Crippen MR) is 67.7 cm³/mol. The van der Waals surface area contributed by atoms with E-state index in [0.29, 0.717) is 16.6 Å². The first kappa shape index (κ1) is 13.3. The number of hydrogen-bond acceptors (Lipinski definition) is 5. The van der Waals surface area contributed by atoms with E-state index < -0.39 is 0 Å². The molecule has 0 aliphatic rings. The van der Waals surface area contributed by atoms with Crippen molar-refractivity contribution >= 4 is 17.5 Å². The Hall–Kier alpha value is -2.15. The van der Waals surface area contributed by atoms with Crippen molar-refractivity contribution < 1.29 is 9.53 Å². The summed E-state index contributed by atoms with van der Waals surface area (Å²) in [4.78, 5) is 11.5. The summed E-state index contributed by atoms with van der Waals surface area (Å²) in [5, 5.41) is 16.3. The number of amides is 1. The predicted octanol–water partition coefficient (Wildman–Crippen LogP) is 0.857. The number of nitrogens with zero attached hydrogens (tertiary/aromatic N) is 3. The van der Waals surface area contributed by atoms with E-state index in [1.54, 1.807) is 18.2 Å². The van der Waals surface area contributed by atoms with Gasteiger partial charge in [-0.15, -0.1) is 10.2 Å². The Labute approximate surface area is 114 Å². The second-order valence-corrected chi connectivity index (χ2v) is 4.24. The lowest BCUT2D eigenvalue weighted by Crippen LogP contribution is -2.28. The minimum absolute atomic E-state index is 0.0830. The quantitative estimate of drug-likeness (QED) is 0.848. The third kappa shape index (κ3) is 3.92. The summed E-state index contributed by atoms with van der Waals surface area (Å²) in [6.45, 7) is 1.98. The molecule has 0 saturated carbocycles. The Balaban J connectivity index is 1.80. The topological polar surface area (TPSA) is 92.8 Å². The molecular weight excluding hydrogens is 270 g/mol. The third-order valence-electron chi connectivity index (χ3n) is 2.33. The number of carbonyl (C=O) groups is 1. The summed E-state index contributed by atoms with van der Waals surface area (Å²) in [5.74, 6) is 0.772. The summed E-state index contributed by atoms with van der Waals surface area (Å²) < 4.78 is 5.39. The van der Waals surface area contributed by atoms with Crippen LogP contribution in [-0.4, -0.2) is 33.1 Å². The zero-order valence-electron chi connectivity index (χ0n) is 10.2. The maximum atomic E-state index is 11.5. The number of tetrazole rings is 1. The van der Waals surface area contributed by atoms with Crippen LogP contribution in [0.15, 0.2) is 18.2 Å². The fourth-order valence-corrected chi connectivity index (χ4v) is 1.63. The molecule has 0 spiro atoms. The average molecular weight is 282 g/mol. The Morgan fingerprint density at radius 1 is 1.53 bits per heavy atom. The van der Waals surface area contributed by atoms with Crippen molar-refractivity contribution in [3.63, 3.8) is 0 Å². The van der Waals surface area contributed by atoms with Crippen molar-refractivity contribution in [1.82, 2.24) is 25.9 Å². The van der Waals surface area contributed by atoms with Gasteiger partial charge in [0.2, 0.25) is 0 Å². The number of carbonyl (C=O) groups excluding carboxylic acids is 1. The molecule has 2 rings (SSSR count). The summed E-state index contributed by atoms with van der Waals surface area (Å²) in [5.41, 5.74) is 0.874. The first-order chi connectivity index (χ1) is 9.15. The summed E-state index contributed by atoms with van der Waals surface area (Å²) in [7, 11) is 0. The van der Waals surface area contributed by atoms with Gasteiger partial charge in [-0.3, -0.25) is 4.79 Å². The fourth-order valence-electron chi connectivity index (χ4n) is 1.40. The van der Waals surface area contributed by atoms with Gasteiger partial charge in [0.15, 0.2) is 12.4 Å². The number of ether oxygens (including phenoxy) is 1. The number of benzene rings is 1. The largest absolute Gasteiger partial charge is 0.484 e. The van der Waals surface area contributed by atoms with Gasteiger partial charge in [0.05, 0.1) is 6.54 Å². The average Bonchev–Trinajstić information content (AvgIpc) is 2.88. The summed E-state index contributed by atoms with van der Waals surface area (Å²) in [6.07, 6.45) is 0. The van der Waals surface area contributed by atoms with Gasteiger partial charge >= 0.3 is 0 Å². The van der Waals surface area contributed by atoms with Crippen LogP contribution < -0.4 is 10.1 Å². The maximum absolute atomic E-state index is 11.5. The second-order valence-electron chi connectivity index (χ2n) is 3.80. The van der Waals surface area contributed by atoms with Crippen LogP contribution >= 0.6 is 11.6 Å². The normalized spacial score (nSPS) is 10.2. The van der Waals surface area contributed by atoms with Crippen LogP contribution in [0.25, 0.3) is 0 Å². The zero-order valence-corrected chi connectivity index (χ0v) is 10.9. The highest BCUT2D eigenvalue weighted by Gasteiger charge is 2.06. The highest BCUT2D eigenvalue weighted by molar-refractivity contribution is 6.30. The minimum Gasteiger partial charge on any atom is -0.484 e. The molecule has 0 atom stereocenters. The van der Waals surface area contributed by atoms with Gasteiger partial charge in [0.1, 0.15) is 5.75 Å². The molecule has 2 aromatic rings. The van der Waals surface area contributed by atoms with E-state index in [1.807, 2.05) is 6.92 Å². The van der Waals surface area contributed by atoms with Crippen LogP contribution in [0.5, 0.6) is 5.75 Å². The molecule has 0 radical (unpaired) electrons. The van der Waals surface area contributed by atoms with E-state index in [4.69, 9.17) is 16.3 Å². The van der Waals surface area contributed by atoms with Gasteiger partial charge in [0.25, 0.3) is 5.91 Å². The fraction of sp³-hybridized carbons (Fsp3) is 0.273. The highest BCUT2D eigenvalue weighted by atomic mass is 35.5. The molecule has 0 aliphatic heterocycles. The zero-order chi connectivity index (χ0) is 13.7. The van der Waals surface area contributed by atoms with Gasteiger partial charge in [-0.1, -0.05) is 16.8 Å². The molecule has 0 fully saturated rings. The van der Waals surface area contributed by atoms with Gasteiger partial charge in [-0.2, -0.15) is 5.21 Å². The van der Waals surface area contributed by atoms with E-state index >= 15 is 0 Å². The summed E-state index contributed by atoms with van der Waals surface area (Å²) in [6, 6.07) is 5.21. The SMILES string of the molecule is Cc1cc(Cl)ccc1OCC(=O)NCc1nn[nH]n1. The number of rotatable bonds is 5. The van der Waals surface area contributed by atoms with Gasteiger partial charge in [-0.05, 0) is 30.7 Å². The van der Waals surface area contributed by atoms with Crippen LogP contribution in [0.1, 0.15) is 11.4 Å². The second kappa shape index (κ2) is 6.14. The third-order valence-corrected chi connectivity index (χ3v) is 2.56. The molecule has 0 unspecified atom stereocenters. The Morgan fingerprint density at radius 3 is 3.05 bits per heavy atom. The van der Waals surface area contributed by atoms with E-state index in [0.717, 1.165) is 5.56 Å². The van der Waals surface area contributed by atoms with Crippen molar-refractivity contribution in [2.45, 2.75) is 13.5 Å². The number of nitrogens with one attached hydrogen (secondary N) is 2. The van der Waals surface area contributed by atoms with Crippen LogP contribution in [0.2, 0.25) is 5.02 Å². The van der Waals surface area contributed by atoms with Crippen LogP contribution in [0, 0.1) is 6.92 Å². The summed E-state index contributed by atoms with van der Waals surface area (Å²) >= 11 is 5.83. The lowest BCUT2D eigenvalue weighted by atomic mass is 10.2. The van der Waals surface area contributed by atoms with Gasteiger partial charge in [0, 0.05) is 5.02 Å². The smallest absolute Gasteiger partial charge is 0.258 e. The molecule has 0 saturated heterocycles. The van der Waals surface area contributed by atoms with Crippen molar-refractivity contribution in [3.8, 4) is 5.75 Å². The monoisotopic (exact) mass is 281 g/mol. The van der Waals surface area contributed by atoms with Crippen molar-refractivity contribution in [2.75, 3.05) is 6.61 Å². The molecule has 1 aromatic heterocycles.